The minimum absolute atomic E-state index is 0.00793. The van der Waals surface area contributed by atoms with E-state index in [2.05, 4.69) is 30.2 Å². The van der Waals surface area contributed by atoms with Crippen LogP contribution in [0.5, 0.6) is 0 Å². The molecule has 1 saturated heterocycles. The maximum Gasteiger partial charge on any atom is 0.416 e. The summed E-state index contributed by atoms with van der Waals surface area (Å²) in [5.41, 5.74) is 0.871. The largest absolute Gasteiger partial charge is 0.481 e. The van der Waals surface area contributed by atoms with Crippen molar-refractivity contribution in [2.75, 3.05) is 6.54 Å². The van der Waals surface area contributed by atoms with Gasteiger partial charge in [-0.25, -0.2) is 0 Å². The lowest BCUT2D eigenvalue weighted by atomic mass is 9.83. The van der Waals surface area contributed by atoms with Crippen molar-refractivity contribution >= 4 is 5.97 Å². The number of allylic oxidation sites excluding steroid dienone is 1. The molecule has 170 valence electrons. The number of rotatable bonds is 8. The Hall–Kier alpha value is -2.26. The van der Waals surface area contributed by atoms with Crippen LogP contribution in [0.15, 0.2) is 36.4 Å². The summed E-state index contributed by atoms with van der Waals surface area (Å²) in [6.45, 7) is 8.52. The Morgan fingerprint density at radius 2 is 1.97 bits per heavy atom. The Bertz CT molecular complexity index is 805. The molecule has 0 aromatic heterocycles. The highest BCUT2D eigenvalue weighted by atomic mass is 19.4. The minimum atomic E-state index is -4.38. The van der Waals surface area contributed by atoms with Crippen LogP contribution in [0.4, 0.5) is 13.2 Å². The number of likely N-dealkylation sites (tertiary alicyclic amines) is 1. The summed E-state index contributed by atoms with van der Waals surface area (Å²) >= 11 is 0. The summed E-state index contributed by atoms with van der Waals surface area (Å²) in [6, 6.07) is 5.07. The molecular weight excluding hydrogens is 403 g/mol. The summed E-state index contributed by atoms with van der Waals surface area (Å²) in [5, 5.41) is 9.24. The van der Waals surface area contributed by atoms with E-state index in [1.807, 2.05) is 6.92 Å². The molecule has 0 amide bonds. The summed E-state index contributed by atoms with van der Waals surface area (Å²) in [4.78, 5) is 13.5. The van der Waals surface area contributed by atoms with Crippen LogP contribution >= 0.6 is 0 Å². The van der Waals surface area contributed by atoms with E-state index in [4.69, 9.17) is 0 Å². The van der Waals surface area contributed by atoms with Crippen molar-refractivity contribution in [3.63, 3.8) is 0 Å². The maximum absolute atomic E-state index is 13.0. The molecule has 1 aliphatic heterocycles. The zero-order chi connectivity index (χ0) is 23.0. The molecule has 0 aliphatic carbocycles. The number of hydrogen-bond acceptors (Lipinski definition) is 2. The zero-order valence-corrected chi connectivity index (χ0v) is 18.3. The molecule has 0 bridgehead atoms. The van der Waals surface area contributed by atoms with E-state index in [-0.39, 0.29) is 24.4 Å². The first kappa shape index (κ1) is 25.0. The molecule has 1 aromatic rings. The Kier molecular flexibility index (Phi) is 9.18. The fourth-order valence-electron chi connectivity index (χ4n) is 4.20. The van der Waals surface area contributed by atoms with Gasteiger partial charge in [-0.2, -0.15) is 13.2 Å². The van der Waals surface area contributed by atoms with Gasteiger partial charge in [0.1, 0.15) is 0 Å². The van der Waals surface area contributed by atoms with Gasteiger partial charge in [0.25, 0.3) is 0 Å². The van der Waals surface area contributed by atoms with E-state index < -0.39 is 17.7 Å². The molecule has 2 rings (SSSR count). The summed E-state index contributed by atoms with van der Waals surface area (Å²) in [6.07, 6.45) is 1.08. The molecule has 6 heteroatoms. The molecular formula is C25H32F3NO2. The second-order valence-corrected chi connectivity index (χ2v) is 8.42. The van der Waals surface area contributed by atoms with Crippen LogP contribution in [0.25, 0.3) is 0 Å². The molecule has 1 aliphatic rings. The Balaban J connectivity index is 2.35. The highest BCUT2D eigenvalue weighted by molar-refractivity contribution is 5.67. The van der Waals surface area contributed by atoms with E-state index in [1.165, 1.54) is 12.1 Å². The Morgan fingerprint density at radius 1 is 1.29 bits per heavy atom. The number of carboxylic acids is 1. The molecule has 0 unspecified atom stereocenters. The third kappa shape index (κ3) is 7.74. The lowest BCUT2D eigenvalue weighted by Crippen LogP contribution is -2.43. The number of halogens is 3. The Morgan fingerprint density at radius 3 is 2.52 bits per heavy atom. The first-order valence-electron chi connectivity index (χ1n) is 10.9. The highest BCUT2D eigenvalue weighted by Crippen LogP contribution is 2.39. The monoisotopic (exact) mass is 435 g/mol. The van der Waals surface area contributed by atoms with Crippen molar-refractivity contribution in [3.8, 4) is 11.8 Å². The molecule has 1 fully saturated rings. The lowest BCUT2D eigenvalue weighted by molar-refractivity contribution is -0.139. The van der Waals surface area contributed by atoms with E-state index in [0.717, 1.165) is 55.4 Å². The highest BCUT2D eigenvalue weighted by Gasteiger charge is 2.35. The minimum Gasteiger partial charge on any atom is -0.481 e. The molecule has 1 N–H and O–H groups in total. The van der Waals surface area contributed by atoms with Crippen molar-refractivity contribution < 1.29 is 23.1 Å². The van der Waals surface area contributed by atoms with Gasteiger partial charge in [-0.3, -0.25) is 9.69 Å². The Labute approximate surface area is 183 Å². The van der Waals surface area contributed by atoms with Crippen LogP contribution < -0.4 is 0 Å². The quantitative estimate of drug-likeness (QED) is 0.376. The predicted molar refractivity (Wildman–Crippen MR) is 116 cm³/mol. The van der Waals surface area contributed by atoms with Gasteiger partial charge in [0.15, 0.2) is 0 Å². The van der Waals surface area contributed by atoms with Crippen molar-refractivity contribution in [3.05, 3.63) is 47.5 Å². The summed E-state index contributed by atoms with van der Waals surface area (Å²) in [7, 11) is 0. The van der Waals surface area contributed by atoms with Gasteiger partial charge in [-0.15, -0.1) is 0 Å². The van der Waals surface area contributed by atoms with Crippen LogP contribution in [0, 0.1) is 17.8 Å². The van der Waals surface area contributed by atoms with Crippen LogP contribution in [-0.4, -0.2) is 28.6 Å². The topological polar surface area (TPSA) is 40.5 Å². The number of alkyl halides is 3. The number of benzene rings is 1. The van der Waals surface area contributed by atoms with Crippen LogP contribution in [-0.2, 0) is 11.0 Å². The number of unbranched alkanes of at least 4 members (excludes halogenated alkanes) is 2. The molecule has 31 heavy (non-hydrogen) atoms. The van der Waals surface area contributed by atoms with Crippen LogP contribution in [0.2, 0.25) is 0 Å². The van der Waals surface area contributed by atoms with Crippen LogP contribution in [0.3, 0.4) is 0 Å². The smallest absolute Gasteiger partial charge is 0.416 e. The van der Waals surface area contributed by atoms with Gasteiger partial charge in [0.05, 0.1) is 11.6 Å². The van der Waals surface area contributed by atoms with E-state index in [0.29, 0.717) is 13.0 Å². The second kappa shape index (κ2) is 11.4. The van der Waals surface area contributed by atoms with E-state index in [1.54, 1.807) is 0 Å². The first-order valence-corrected chi connectivity index (χ1v) is 10.9. The fourth-order valence-corrected chi connectivity index (χ4v) is 4.20. The zero-order valence-electron chi connectivity index (χ0n) is 18.3. The fraction of sp³-hybridized carbons (Fsp3) is 0.560. The van der Waals surface area contributed by atoms with Gasteiger partial charge < -0.3 is 5.11 Å². The summed E-state index contributed by atoms with van der Waals surface area (Å²) < 4.78 is 39.1. The standard InChI is InChI=1S/C25H32F3NO2/c1-4-5-6-7-22(13-8-18(2)3)29-15-14-19(17-24(30)31)16-23(29)20-9-11-21(12-10-20)25(26,27)28/h9-12,19,22-23H,2,4-7,14-17H2,1,3H3,(H,30,31)/t19-,22+,23+/m1/s1. The molecule has 1 aromatic carbocycles. The lowest BCUT2D eigenvalue weighted by Gasteiger charge is -2.42. The first-order chi connectivity index (χ1) is 14.6. The number of piperidine rings is 1. The number of aliphatic carboxylic acids is 1. The van der Waals surface area contributed by atoms with Crippen molar-refractivity contribution in [1.82, 2.24) is 4.90 Å². The second-order valence-electron chi connectivity index (χ2n) is 8.42. The predicted octanol–water partition coefficient (Wildman–Crippen LogP) is 6.46. The van der Waals surface area contributed by atoms with E-state index in [9.17, 15) is 23.1 Å². The van der Waals surface area contributed by atoms with Crippen molar-refractivity contribution in [1.29, 1.82) is 0 Å². The van der Waals surface area contributed by atoms with Crippen molar-refractivity contribution in [2.24, 2.45) is 5.92 Å². The van der Waals surface area contributed by atoms with Gasteiger partial charge in [0, 0.05) is 19.0 Å². The molecule has 0 radical (unpaired) electrons. The molecule has 3 atom stereocenters. The van der Waals surface area contributed by atoms with Gasteiger partial charge >= 0.3 is 12.1 Å². The average molecular weight is 436 g/mol. The van der Waals surface area contributed by atoms with Crippen LogP contribution in [0.1, 0.15) is 76.0 Å². The van der Waals surface area contributed by atoms with Gasteiger partial charge in [0.2, 0.25) is 0 Å². The van der Waals surface area contributed by atoms with E-state index >= 15 is 0 Å². The summed E-state index contributed by atoms with van der Waals surface area (Å²) in [5.74, 6) is 5.55. The SMILES string of the molecule is C=C(C)C#C[C@H](CCCCC)N1CC[C@@H](CC(=O)O)C[C@H]1c1ccc(C(F)(F)F)cc1. The third-order valence-corrected chi connectivity index (χ3v) is 5.77. The average Bonchev–Trinajstić information content (AvgIpc) is 2.69. The number of hydrogen-bond donors (Lipinski definition) is 1. The van der Waals surface area contributed by atoms with Gasteiger partial charge in [-0.05, 0) is 55.4 Å². The maximum atomic E-state index is 13.0. The number of carbonyl (C=O) groups is 1. The third-order valence-electron chi connectivity index (χ3n) is 5.77. The molecule has 3 nitrogen and oxygen atoms in total. The normalized spacial score (nSPS) is 20.5. The van der Waals surface area contributed by atoms with Crippen molar-refractivity contribution in [2.45, 2.75) is 77.1 Å². The van der Waals surface area contributed by atoms with Gasteiger partial charge in [-0.1, -0.05) is 56.7 Å². The molecule has 1 heterocycles. The number of nitrogens with zero attached hydrogens (tertiary/aromatic N) is 1. The molecule has 0 spiro atoms. The number of carboxylic acid groups (broad SMARTS) is 1. The molecule has 0 saturated carbocycles.